The van der Waals surface area contributed by atoms with E-state index in [1.54, 1.807) is 7.05 Å². The number of ether oxygens (including phenoxy) is 1. The van der Waals surface area contributed by atoms with Crippen LogP contribution in [0.25, 0.3) is 0 Å². The number of nitrogens with zero attached hydrogens (tertiary/aromatic N) is 1. The van der Waals surface area contributed by atoms with Gasteiger partial charge in [-0.1, -0.05) is 15.9 Å². The lowest BCUT2D eigenvalue weighted by atomic mass is 10.3. The molecule has 0 spiro atoms. The topological polar surface area (TPSA) is 66.8 Å². The van der Waals surface area contributed by atoms with E-state index in [2.05, 4.69) is 15.9 Å². The summed E-state index contributed by atoms with van der Waals surface area (Å²) in [5.41, 5.74) is 0. The van der Waals surface area contributed by atoms with Gasteiger partial charge in [-0.2, -0.15) is 0 Å². The molecular formula is C13H14BrNO4. The normalized spacial score (nSPS) is 10.4. The minimum absolute atomic E-state index is 0.338. The van der Waals surface area contributed by atoms with Gasteiger partial charge in [0.2, 0.25) is 5.91 Å². The third-order valence-electron chi connectivity index (χ3n) is 2.25. The Hall–Kier alpha value is -1.82. The van der Waals surface area contributed by atoms with Crippen LogP contribution < -0.4 is 4.74 Å². The van der Waals surface area contributed by atoms with E-state index in [0.717, 1.165) is 16.6 Å². The summed E-state index contributed by atoms with van der Waals surface area (Å²) in [5, 5.41) is 8.41. The second-order valence-corrected chi connectivity index (χ2v) is 4.65. The van der Waals surface area contributed by atoms with Gasteiger partial charge in [0.15, 0.2) is 0 Å². The Balaban J connectivity index is 2.34. The van der Waals surface area contributed by atoms with Gasteiger partial charge in [-0.15, -0.1) is 0 Å². The van der Waals surface area contributed by atoms with Crippen LogP contribution in [0.4, 0.5) is 0 Å². The zero-order valence-electron chi connectivity index (χ0n) is 10.4. The Morgan fingerprint density at radius 1 is 1.32 bits per heavy atom. The highest BCUT2D eigenvalue weighted by molar-refractivity contribution is 9.10. The Morgan fingerprint density at radius 2 is 1.95 bits per heavy atom. The summed E-state index contributed by atoms with van der Waals surface area (Å²) < 4.78 is 6.42. The van der Waals surface area contributed by atoms with Crippen LogP contribution in [-0.2, 0) is 9.59 Å². The highest BCUT2D eigenvalue weighted by atomic mass is 79.9. The van der Waals surface area contributed by atoms with Crippen LogP contribution >= 0.6 is 15.9 Å². The average molecular weight is 328 g/mol. The standard InChI is InChI=1S/C13H14BrNO4/c1-15(12(16)6-7-13(17)18)8-9-19-11-4-2-10(14)3-5-11/h2-7H,8-9H2,1H3,(H,17,18)/b7-6+. The lowest BCUT2D eigenvalue weighted by molar-refractivity contribution is -0.132. The van der Waals surface area contributed by atoms with E-state index >= 15 is 0 Å². The monoisotopic (exact) mass is 327 g/mol. The lowest BCUT2D eigenvalue weighted by Gasteiger charge is -2.15. The Kier molecular flexibility index (Phi) is 6.08. The maximum Gasteiger partial charge on any atom is 0.328 e. The first-order chi connectivity index (χ1) is 8.99. The summed E-state index contributed by atoms with van der Waals surface area (Å²) in [6.07, 6.45) is 1.83. The Labute approximate surface area is 119 Å². The van der Waals surface area contributed by atoms with E-state index in [-0.39, 0.29) is 5.91 Å². The molecule has 1 N–H and O–H groups in total. The highest BCUT2D eigenvalue weighted by Crippen LogP contribution is 2.15. The molecule has 1 aromatic rings. The fourth-order valence-electron chi connectivity index (χ4n) is 1.21. The van der Waals surface area contributed by atoms with Gasteiger partial charge in [0.1, 0.15) is 12.4 Å². The maximum atomic E-state index is 11.4. The molecule has 0 aliphatic heterocycles. The van der Waals surface area contributed by atoms with Crippen LogP contribution in [0.3, 0.4) is 0 Å². The lowest BCUT2D eigenvalue weighted by Crippen LogP contribution is -2.29. The van der Waals surface area contributed by atoms with E-state index in [1.807, 2.05) is 24.3 Å². The maximum absolute atomic E-state index is 11.4. The SMILES string of the molecule is CN(CCOc1ccc(Br)cc1)C(=O)/C=C/C(=O)O. The van der Waals surface area contributed by atoms with Crippen LogP contribution in [0.5, 0.6) is 5.75 Å². The van der Waals surface area contributed by atoms with E-state index in [4.69, 9.17) is 9.84 Å². The number of carbonyl (C=O) groups is 2. The summed E-state index contributed by atoms with van der Waals surface area (Å²) in [4.78, 5) is 23.1. The molecule has 0 aliphatic carbocycles. The molecule has 0 heterocycles. The first kappa shape index (κ1) is 15.2. The number of rotatable bonds is 6. The van der Waals surface area contributed by atoms with Crippen molar-refractivity contribution in [3.05, 3.63) is 40.9 Å². The number of carbonyl (C=O) groups excluding carboxylic acids is 1. The number of halogens is 1. The first-order valence-corrected chi connectivity index (χ1v) is 6.33. The van der Waals surface area contributed by atoms with Crippen LogP contribution in [0.1, 0.15) is 0 Å². The number of carboxylic acids is 1. The van der Waals surface area contributed by atoms with Gasteiger partial charge >= 0.3 is 5.97 Å². The summed E-state index contributed by atoms with van der Waals surface area (Å²) in [7, 11) is 1.58. The molecule has 0 fully saturated rings. The molecule has 5 nitrogen and oxygen atoms in total. The smallest absolute Gasteiger partial charge is 0.328 e. The molecule has 1 aromatic carbocycles. The molecule has 6 heteroatoms. The molecule has 19 heavy (non-hydrogen) atoms. The van der Waals surface area contributed by atoms with Gasteiger partial charge < -0.3 is 14.7 Å². The molecule has 1 rings (SSSR count). The number of hydrogen-bond donors (Lipinski definition) is 1. The van der Waals surface area contributed by atoms with Crippen molar-refractivity contribution in [1.29, 1.82) is 0 Å². The Bertz CT molecular complexity index is 470. The molecular weight excluding hydrogens is 314 g/mol. The van der Waals surface area contributed by atoms with Crippen molar-refractivity contribution in [3.8, 4) is 5.75 Å². The van der Waals surface area contributed by atoms with Gasteiger partial charge in [-0.25, -0.2) is 4.79 Å². The zero-order chi connectivity index (χ0) is 14.3. The third-order valence-corrected chi connectivity index (χ3v) is 2.78. The van der Waals surface area contributed by atoms with Crippen LogP contribution in [0.2, 0.25) is 0 Å². The molecule has 0 saturated heterocycles. The van der Waals surface area contributed by atoms with Gasteiger partial charge in [0.25, 0.3) is 0 Å². The molecule has 0 atom stereocenters. The van der Waals surface area contributed by atoms with Gasteiger partial charge in [-0.05, 0) is 24.3 Å². The average Bonchev–Trinajstić information content (AvgIpc) is 2.38. The second-order valence-electron chi connectivity index (χ2n) is 3.73. The number of benzene rings is 1. The van der Waals surface area contributed by atoms with Crippen molar-refractivity contribution in [2.75, 3.05) is 20.2 Å². The van der Waals surface area contributed by atoms with Crippen molar-refractivity contribution < 1.29 is 19.4 Å². The van der Waals surface area contributed by atoms with E-state index in [0.29, 0.717) is 18.9 Å². The number of aliphatic carboxylic acids is 1. The molecule has 0 aliphatic rings. The third kappa shape index (κ3) is 6.05. The summed E-state index contributed by atoms with van der Waals surface area (Å²) in [6, 6.07) is 7.35. The second kappa shape index (κ2) is 7.58. The minimum atomic E-state index is -1.15. The predicted molar refractivity (Wildman–Crippen MR) is 74.0 cm³/mol. The molecule has 0 unspecified atom stereocenters. The fraction of sp³-hybridized carbons (Fsp3) is 0.231. The molecule has 0 saturated carbocycles. The van der Waals surface area contributed by atoms with Gasteiger partial charge in [0.05, 0.1) is 6.54 Å². The van der Waals surface area contributed by atoms with Crippen LogP contribution in [0, 0.1) is 0 Å². The molecule has 0 bridgehead atoms. The van der Waals surface area contributed by atoms with Crippen molar-refractivity contribution in [3.63, 3.8) is 0 Å². The zero-order valence-corrected chi connectivity index (χ0v) is 12.0. The van der Waals surface area contributed by atoms with E-state index in [9.17, 15) is 9.59 Å². The largest absolute Gasteiger partial charge is 0.492 e. The molecule has 102 valence electrons. The summed E-state index contributed by atoms with van der Waals surface area (Å²) in [6.45, 7) is 0.712. The van der Waals surface area contributed by atoms with Gasteiger partial charge in [0, 0.05) is 23.7 Å². The first-order valence-electron chi connectivity index (χ1n) is 5.53. The van der Waals surface area contributed by atoms with E-state index in [1.165, 1.54) is 4.90 Å². The van der Waals surface area contributed by atoms with Gasteiger partial charge in [-0.3, -0.25) is 4.79 Å². The van der Waals surface area contributed by atoms with Crippen molar-refractivity contribution >= 4 is 27.8 Å². The number of likely N-dealkylation sites (N-methyl/N-ethyl adjacent to an activating group) is 1. The number of carboxylic acid groups (broad SMARTS) is 1. The quantitative estimate of drug-likeness (QED) is 0.811. The van der Waals surface area contributed by atoms with Crippen molar-refractivity contribution in [1.82, 2.24) is 4.90 Å². The molecule has 1 amide bonds. The Morgan fingerprint density at radius 3 is 2.53 bits per heavy atom. The summed E-state index contributed by atoms with van der Waals surface area (Å²) >= 11 is 3.32. The predicted octanol–water partition coefficient (Wildman–Crippen LogP) is 1.93. The highest BCUT2D eigenvalue weighted by Gasteiger charge is 2.05. The van der Waals surface area contributed by atoms with Crippen molar-refractivity contribution in [2.45, 2.75) is 0 Å². The summed E-state index contributed by atoms with van der Waals surface area (Å²) in [5.74, 6) is -0.806. The van der Waals surface area contributed by atoms with Crippen molar-refractivity contribution in [2.24, 2.45) is 0 Å². The minimum Gasteiger partial charge on any atom is -0.492 e. The molecule has 0 aromatic heterocycles. The fourth-order valence-corrected chi connectivity index (χ4v) is 1.48. The number of amides is 1. The number of hydrogen-bond acceptors (Lipinski definition) is 3. The molecule has 0 radical (unpaired) electrons. The van der Waals surface area contributed by atoms with Crippen LogP contribution in [0.15, 0.2) is 40.9 Å². The van der Waals surface area contributed by atoms with Crippen LogP contribution in [-0.4, -0.2) is 42.1 Å². The van der Waals surface area contributed by atoms with E-state index < -0.39 is 5.97 Å².